The van der Waals surface area contributed by atoms with Crippen LogP contribution in [0.25, 0.3) is 0 Å². The maximum Gasteiger partial charge on any atom is 0.147 e. The molecule has 1 aromatic rings. The highest BCUT2D eigenvalue weighted by Gasteiger charge is 2.43. The van der Waals surface area contributed by atoms with Crippen molar-refractivity contribution in [2.24, 2.45) is 11.1 Å². The summed E-state index contributed by atoms with van der Waals surface area (Å²) in [5.41, 5.74) is 5.66. The first-order valence-corrected chi connectivity index (χ1v) is 6.12. The van der Waals surface area contributed by atoms with Crippen LogP contribution in [0.4, 0.5) is 4.39 Å². The SMILES string of the molecule is CC1(C(=O)Cc2cc(F)ccc2Cl)COCC1N. The minimum atomic E-state index is -0.713. The van der Waals surface area contributed by atoms with Crippen LogP contribution in [-0.2, 0) is 16.0 Å². The molecule has 0 radical (unpaired) electrons. The quantitative estimate of drug-likeness (QED) is 0.914. The largest absolute Gasteiger partial charge is 0.379 e. The van der Waals surface area contributed by atoms with Crippen molar-refractivity contribution in [1.82, 2.24) is 0 Å². The standard InChI is InChI=1S/C13H15ClFNO2/c1-13(7-18-6-11(13)16)12(17)5-8-4-9(15)2-3-10(8)14/h2-4,11H,5-7,16H2,1H3. The van der Waals surface area contributed by atoms with Gasteiger partial charge in [-0.2, -0.15) is 0 Å². The van der Waals surface area contributed by atoms with Crippen molar-refractivity contribution >= 4 is 17.4 Å². The Kier molecular flexibility index (Phi) is 3.71. The lowest BCUT2D eigenvalue weighted by atomic mass is 9.79. The lowest BCUT2D eigenvalue weighted by molar-refractivity contribution is -0.127. The van der Waals surface area contributed by atoms with Gasteiger partial charge in [-0.3, -0.25) is 4.79 Å². The Bertz CT molecular complexity index is 480. The van der Waals surface area contributed by atoms with Crippen molar-refractivity contribution < 1.29 is 13.9 Å². The van der Waals surface area contributed by atoms with Gasteiger partial charge in [-0.1, -0.05) is 11.6 Å². The molecule has 0 spiro atoms. The van der Waals surface area contributed by atoms with Crippen molar-refractivity contribution in [2.75, 3.05) is 13.2 Å². The highest BCUT2D eigenvalue weighted by atomic mass is 35.5. The van der Waals surface area contributed by atoms with E-state index in [1.807, 2.05) is 0 Å². The number of ketones is 1. The topological polar surface area (TPSA) is 52.3 Å². The highest BCUT2D eigenvalue weighted by Crippen LogP contribution is 2.30. The molecule has 1 heterocycles. The van der Waals surface area contributed by atoms with Crippen LogP contribution >= 0.6 is 11.6 Å². The van der Waals surface area contributed by atoms with E-state index in [0.29, 0.717) is 23.8 Å². The van der Waals surface area contributed by atoms with Gasteiger partial charge in [0.2, 0.25) is 0 Å². The fraction of sp³-hybridized carbons (Fsp3) is 0.462. The molecule has 1 aliphatic heterocycles. The summed E-state index contributed by atoms with van der Waals surface area (Å²) in [6.45, 7) is 2.46. The molecule has 2 atom stereocenters. The minimum Gasteiger partial charge on any atom is -0.379 e. The van der Waals surface area contributed by atoms with Crippen LogP contribution in [0.3, 0.4) is 0 Å². The molecule has 2 rings (SSSR count). The van der Waals surface area contributed by atoms with Crippen molar-refractivity contribution in [3.63, 3.8) is 0 Å². The van der Waals surface area contributed by atoms with Crippen molar-refractivity contribution in [3.8, 4) is 0 Å². The lowest BCUT2D eigenvalue weighted by Gasteiger charge is -2.25. The van der Waals surface area contributed by atoms with Gasteiger partial charge in [-0.15, -0.1) is 0 Å². The van der Waals surface area contributed by atoms with E-state index in [1.54, 1.807) is 6.92 Å². The normalized spacial score (nSPS) is 27.4. The Hall–Kier alpha value is -0.970. The van der Waals surface area contributed by atoms with Gasteiger partial charge in [0.1, 0.15) is 11.6 Å². The average molecular weight is 272 g/mol. The number of carbonyl (C=O) groups excluding carboxylic acids is 1. The summed E-state index contributed by atoms with van der Waals surface area (Å²) in [5, 5.41) is 0.390. The Balaban J connectivity index is 2.19. The van der Waals surface area contributed by atoms with E-state index in [1.165, 1.54) is 18.2 Å². The molecule has 0 amide bonds. The van der Waals surface area contributed by atoms with Gasteiger partial charge in [-0.25, -0.2) is 4.39 Å². The molecule has 0 bridgehead atoms. The number of Topliss-reactive ketones (excluding diaryl/α,β-unsaturated/α-hetero) is 1. The number of rotatable bonds is 3. The van der Waals surface area contributed by atoms with Crippen LogP contribution < -0.4 is 5.73 Å². The van der Waals surface area contributed by atoms with Gasteiger partial charge in [-0.05, 0) is 30.7 Å². The lowest BCUT2D eigenvalue weighted by Crippen LogP contribution is -2.45. The van der Waals surface area contributed by atoms with Crippen molar-refractivity contribution in [1.29, 1.82) is 0 Å². The summed E-state index contributed by atoms with van der Waals surface area (Å²) in [4.78, 5) is 12.3. The van der Waals surface area contributed by atoms with E-state index in [9.17, 15) is 9.18 Å². The zero-order chi connectivity index (χ0) is 13.3. The van der Waals surface area contributed by atoms with Gasteiger partial charge >= 0.3 is 0 Å². The molecular weight excluding hydrogens is 257 g/mol. The van der Waals surface area contributed by atoms with E-state index in [-0.39, 0.29) is 18.2 Å². The summed E-state index contributed by atoms with van der Waals surface area (Å²) in [6, 6.07) is 3.68. The fourth-order valence-electron chi connectivity index (χ4n) is 2.03. The van der Waals surface area contributed by atoms with Crippen LogP contribution in [0.2, 0.25) is 5.02 Å². The molecule has 98 valence electrons. The molecule has 0 saturated carbocycles. The van der Waals surface area contributed by atoms with Crippen molar-refractivity contribution in [2.45, 2.75) is 19.4 Å². The summed E-state index contributed by atoms with van der Waals surface area (Å²) in [6.07, 6.45) is 0.0736. The molecule has 0 aromatic heterocycles. The number of nitrogens with two attached hydrogens (primary N) is 1. The molecule has 18 heavy (non-hydrogen) atoms. The summed E-state index contributed by atoms with van der Waals surface area (Å²) < 4.78 is 18.4. The van der Waals surface area contributed by atoms with Gasteiger partial charge < -0.3 is 10.5 Å². The summed E-state index contributed by atoms with van der Waals surface area (Å²) in [5.74, 6) is -0.473. The zero-order valence-electron chi connectivity index (χ0n) is 10.1. The number of hydrogen-bond acceptors (Lipinski definition) is 3. The third-order valence-corrected chi connectivity index (χ3v) is 3.88. The Morgan fingerprint density at radius 2 is 2.39 bits per heavy atom. The van der Waals surface area contributed by atoms with Gasteiger partial charge in [0.15, 0.2) is 0 Å². The minimum absolute atomic E-state index is 0.0694. The second kappa shape index (κ2) is 4.96. The van der Waals surface area contributed by atoms with Crippen LogP contribution in [0.15, 0.2) is 18.2 Å². The molecule has 2 unspecified atom stereocenters. The highest BCUT2D eigenvalue weighted by molar-refractivity contribution is 6.31. The summed E-state index contributed by atoms with van der Waals surface area (Å²) in [7, 11) is 0. The first kappa shape index (κ1) is 13.5. The molecular formula is C13H15ClFNO2. The second-order valence-corrected chi connectivity index (χ2v) is 5.28. The van der Waals surface area contributed by atoms with Crippen LogP contribution in [0.5, 0.6) is 0 Å². The predicted octanol–water partition coefficient (Wildman–Crippen LogP) is 1.95. The van der Waals surface area contributed by atoms with E-state index < -0.39 is 11.2 Å². The van der Waals surface area contributed by atoms with Gasteiger partial charge in [0.05, 0.1) is 18.6 Å². The smallest absolute Gasteiger partial charge is 0.147 e. The first-order chi connectivity index (χ1) is 8.43. The van der Waals surface area contributed by atoms with Crippen LogP contribution in [0, 0.1) is 11.2 Å². The number of carbonyl (C=O) groups is 1. The zero-order valence-corrected chi connectivity index (χ0v) is 10.8. The molecule has 1 fully saturated rings. The maximum atomic E-state index is 13.1. The van der Waals surface area contributed by atoms with Crippen molar-refractivity contribution in [3.05, 3.63) is 34.6 Å². The molecule has 0 aliphatic carbocycles. The second-order valence-electron chi connectivity index (χ2n) is 4.87. The van der Waals surface area contributed by atoms with E-state index in [4.69, 9.17) is 22.1 Å². The van der Waals surface area contributed by atoms with Crippen LogP contribution in [-0.4, -0.2) is 25.0 Å². The molecule has 3 nitrogen and oxygen atoms in total. The molecule has 2 N–H and O–H groups in total. The first-order valence-electron chi connectivity index (χ1n) is 5.74. The average Bonchev–Trinajstić information content (AvgIpc) is 2.66. The van der Waals surface area contributed by atoms with Gasteiger partial charge in [0, 0.05) is 17.5 Å². The third-order valence-electron chi connectivity index (χ3n) is 3.51. The number of ether oxygens (including phenoxy) is 1. The Morgan fingerprint density at radius 3 is 3.00 bits per heavy atom. The number of benzene rings is 1. The Morgan fingerprint density at radius 1 is 1.67 bits per heavy atom. The third kappa shape index (κ3) is 2.41. The van der Waals surface area contributed by atoms with Gasteiger partial charge in [0.25, 0.3) is 0 Å². The molecule has 1 aromatic carbocycles. The predicted molar refractivity (Wildman–Crippen MR) is 67.0 cm³/mol. The molecule has 1 aliphatic rings. The molecule has 5 heteroatoms. The fourth-order valence-corrected chi connectivity index (χ4v) is 2.21. The summed E-state index contributed by atoms with van der Waals surface area (Å²) >= 11 is 5.95. The van der Waals surface area contributed by atoms with Crippen LogP contribution in [0.1, 0.15) is 12.5 Å². The Labute approximate surface area is 110 Å². The van der Waals surface area contributed by atoms with E-state index >= 15 is 0 Å². The number of halogens is 2. The van der Waals surface area contributed by atoms with E-state index in [0.717, 1.165) is 0 Å². The van der Waals surface area contributed by atoms with E-state index in [2.05, 4.69) is 0 Å². The monoisotopic (exact) mass is 271 g/mol. The molecule has 1 saturated heterocycles. The maximum absolute atomic E-state index is 13.1. The number of hydrogen-bond donors (Lipinski definition) is 1.